The van der Waals surface area contributed by atoms with E-state index in [2.05, 4.69) is 41.3 Å². The first-order chi connectivity index (χ1) is 11.8. The summed E-state index contributed by atoms with van der Waals surface area (Å²) >= 11 is 0. The summed E-state index contributed by atoms with van der Waals surface area (Å²) in [7, 11) is 0. The third kappa shape index (κ3) is 4.12. The molecule has 1 fully saturated rings. The molecule has 124 valence electrons. The molecule has 3 nitrogen and oxygen atoms in total. The van der Waals surface area contributed by atoms with E-state index in [9.17, 15) is 4.79 Å². The van der Waals surface area contributed by atoms with Crippen molar-refractivity contribution in [3.05, 3.63) is 60.2 Å². The molecule has 0 aromatic heterocycles. The average molecular weight is 321 g/mol. The minimum Gasteiger partial charge on any atom is -0.388 e. The zero-order valence-electron chi connectivity index (χ0n) is 13.8. The lowest BCUT2D eigenvalue weighted by Gasteiger charge is -2.28. The molecule has 0 aliphatic carbocycles. The van der Waals surface area contributed by atoms with Crippen LogP contribution in [-0.4, -0.2) is 30.6 Å². The minimum absolute atomic E-state index is 0.285. The topological polar surface area (TPSA) is 40.5 Å². The van der Waals surface area contributed by atoms with Crippen LogP contribution in [0.3, 0.4) is 0 Å². The Balaban J connectivity index is 1.70. The first kappa shape index (κ1) is 16.5. The Labute approximate surface area is 143 Å². The molecular formula is C21H23NO2. The molecule has 1 aliphatic rings. The van der Waals surface area contributed by atoms with E-state index >= 15 is 0 Å². The third-order valence-electron chi connectivity index (χ3n) is 4.45. The first-order valence-corrected chi connectivity index (χ1v) is 8.53. The molecular weight excluding hydrogens is 298 g/mol. The summed E-state index contributed by atoms with van der Waals surface area (Å²) in [6, 6.07) is 16.8. The van der Waals surface area contributed by atoms with Crippen LogP contribution in [0.5, 0.6) is 0 Å². The van der Waals surface area contributed by atoms with Gasteiger partial charge in [-0.15, -0.1) is 0 Å². The van der Waals surface area contributed by atoms with Crippen LogP contribution < -0.4 is 4.90 Å². The standard InChI is InChI=1S/C21H23NO2/c23-16-21(24)13-6-17-4-7-18(8-5-17)19-9-11-20(12-10-19)22-14-2-1-3-15-22/h4-13,23H,1-3,14-16H2/b13-6+. The van der Waals surface area contributed by atoms with Crippen LogP contribution in [0.2, 0.25) is 0 Å². The summed E-state index contributed by atoms with van der Waals surface area (Å²) in [5, 5.41) is 8.72. The fourth-order valence-corrected chi connectivity index (χ4v) is 3.05. The molecule has 2 aromatic rings. The molecule has 1 aliphatic heterocycles. The fourth-order valence-electron chi connectivity index (χ4n) is 3.05. The van der Waals surface area contributed by atoms with Crippen molar-refractivity contribution in [2.75, 3.05) is 24.6 Å². The van der Waals surface area contributed by atoms with Crippen molar-refractivity contribution in [2.24, 2.45) is 0 Å². The summed E-state index contributed by atoms with van der Waals surface area (Å²) in [5.41, 5.74) is 4.61. The second-order valence-electron chi connectivity index (χ2n) is 6.17. The van der Waals surface area contributed by atoms with Crippen molar-refractivity contribution in [1.29, 1.82) is 0 Å². The van der Waals surface area contributed by atoms with Gasteiger partial charge in [-0.1, -0.05) is 42.5 Å². The quantitative estimate of drug-likeness (QED) is 0.849. The van der Waals surface area contributed by atoms with Crippen LogP contribution in [0, 0.1) is 0 Å². The second-order valence-corrected chi connectivity index (χ2v) is 6.17. The maximum Gasteiger partial charge on any atom is 0.181 e. The Bertz CT molecular complexity index is 696. The van der Waals surface area contributed by atoms with E-state index in [-0.39, 0.29) is 5.78 Å². The molecule has 0 atom stereocenters. The maximum atomic E-state index is 11.1. The van der Waals surface area contributed by atoms with Crippen LogP contribution >= 0.6 is 0 Å². The van der Waals surface area contributed by atoms with Gasteiger partial charge in [-0.3, -0.25) is 4.79 Å². The average Bonchev–Trinajstić information content (AvgIpc) is 2.67. The van der Waals surface area contributed by atoms with Crippen molar-refractivity contribution >= 4 is 17.5 Å². The monoisotopic (exact) mass is 321 g/mol. The number of carbonyl (C=O) groups is 1. The largest absolute Gasteiger partial charge is 0.388 e. The molecule has 0 unspecified atom stereocenters. The minimum atomic E-state index is -0.446. The van der Waals surface area contributed by atoms with Gasteiger partial charge in [-0.05, 0) is 54.2 Å². The first-order valence-electron chi connectivity index (χ1n) is 8.53. The van der Waals surface area contributed by atoms with Gasteiger partial charge in [0.15, 0.2) is 5.78 Å². The van der Waals surface area contributed by atoms with Gasteiger partial charge in [0.05, 0.1) is 0 Å². The van der Waals surface area contributed by atoms with Crippen molar-refractivity contribution in [3.8, 4) is 11.1 Å². The summed E-state index contributed by atoms with van der Waals surface area (Å²) in [5.74, 6) is -0.285. The highest BCUT2D eigenvalue weighted by atomic mass is 16.3. The second kappa shape index (κ2) is 7.93. The van der Waals surface area contributed by atoms with E-state index < -0.39 is 6.61 Å². The maximum absolute atomic E-state index is 11.1. The number of carbonyl (C=O) groups excluding carboxylic acids is 1. The molecule has 1 heterocycles. The van der Waals surface area contributed by atoms with E-state index in [1.165, 1.54) is 36.6 Å². The Morgan fingerprint density at radius 2 is 1.50 bits per heavy atom. The molecule has 1 N–H and O–H groups in total. The number of piperidine rings is 1. The van der Waals surface area contributed by atoms with Gasteiger partial charge in [0.2, 0.25) is 0 Å². The van der Waals surface area contributed by atoms with E-state index in [1.54, 1.807) is 6.08 Å². The van der Waals surface area contributed by atoms with Crippen LogP contribution in [0.1, 0.15) is 24.8 Å². The summed E-state index contributed by atoms with van der Waals surface area (Å²) in [6.07, 6.45) is 7.05. The van der Waals surface area contributed by atoms with Crippen LogP contribution in [-0.2, 0) is 4.79 Å². The van der Waals surface area contributed by atoms with Gasteiger partial charge in [0, 0.05) is 18.8 Å². The van der Waals surface area contributed by atoms with Gasteiger partial charge in [0.25, 0.3) is 0 Å². The molecule has 0 bridgehead atoms. The van der Waals surface area contributed by atoms with Crippen LogP contribution in [0.4, 0.5) is 5.69 Å². The van der Waals surface area contributed by atoms with E-state index in [4.69, 9.17) is 5.11 Å². The lowest BCUT2D eigenvalue weighted by Crippen LogP contribution is -2.29. The van der Waals surface area contributed by atoms with E-state index in [0.717, 1.165) is 24.2 Å². The number of aliphatic hydroxyl groups is 1. The number of aliphatic hydroxyl groups excluding tert-OH is 1. The number of benzene rings is 2. The predicted octanol–water partition coefficient (Wildman–Crippen LogP) is 3.92. The molecule has 24 heavy (non-hydrogen) atoms. The molecule has 1 saturated heterocycles. The highest BCUT2D eigenvalue weighted by molar-refractivity contribution is 5.94. The fraction of sp³-hybridized carbons (Fsp3) is 0.286. The van der Waals surface area contributed by atoms with Gasteiger partial charge in [-0.25, -0.2) is 0 Å². The smallest absolute Gasteiger partial charge is 0.181 e. The van der Waals surface area contributed by atoms with Gasteiger partial charge in [0.1, 0.15) is 6.61 Å². The van der Waals surface area contributed by atoms with Gasteiger partial charge in [-0.2, -0.15) is 0 Å². The van der Waals surface area contributed by atoms with Gasteiger partial charge < -0.3 is 10.0 Å². The normalized spacial score (nSPS) is 15.0. The van der Waals surface area contributed by atoms with E-state index in [0.29, 0.717) is 0 Å². The Hall–Kier alpha value is -2.39. The molecule has 2 aromatic carbocycles. The number of hydrogen-bond donors (Lipinski definition) is 1. The lowest BCUT2D eigenvalue weighted by molar-refractivity contribution is -0.117. The SMILES string of the molecule is O=C(/C=C/c1ccc(-c2ccc(N3CCCCC3)cc2)cc1)CO. The number of anilines is 1. The summed E-state index contributed by atoms with van der Waals surface area (Å²) in [6.45, 7) is 1.87. The Kier molecular flexibility index (Phi) is 5.44. The molecule has 0 saturated carbocycles. The third-order valence-corrected chi connectivity index (χ3v) is 4.45. The molecule has 0 amide bonds. The number of nitrogens with zero attached hydrogens (tertiary/aromatic N) is 1. The van der Waals surface area contributed by atoms with E-state index in [1.807, 2.05) is 12.1 Å². The predicted molar refractivity (Wildman–Crippen MR) is 99.1 cm³/mol. The molecule has 0 radical (unpaired) electrons. The van der Waals surface area contributed by atoms with Crippen LogP contribution in [0.25, 0.3) is 17.2 Å². The van der Waals surface area contributed by atoms with Gasteiger partial charge >= 0.3 is 0 Å². The molecule has 3 rings (SSSR count). The number of rotatable bonds is 5. The molecule has 3 heteroatoms. The summed E-state index contributed by atoms with van der Waals surface area (Å²) < 4.78 is 0. The zero-order valence-corrected chi connectivity index (χ0v) is 13.8. The highest BCUT2D eigenvalue weighted by Gasteiger charge is 2.10. The number of hydrogen-bond acceptors (Lipinski definition) is 3. The van der Waals surface area contributed by atoms with Crippen molar-refractivity contribution in [2.45, 2.75) is 19.3 Å². The Morgan fingerprint density at radius 3 is 2.08 bits per heavy atom. The highest BCUT2D eigenvalue weighted by Crippen LogP contribution is 2.25. The van der Waals surface area contributed by atoms with Crippen molar-refractivity contribution in [1.82, 2.24) is 0 Å². The summed E-state index contributed by atoms with van der Waals surface area (Å²) in [4.78, 5) is 13.6. The van der Waals surface area contributed by atoms with Crippen molar-refractivity contribution in [3.63, 3.8) is 0 Å². The number of ketones is 1. The Morgan fingerprint density at radius 1 is 0.917 bits per heavy atom. The van der Waals surface area contributed by atoms with Crippen molar-refractivity contribution < 1.29 is 9.90 Å². The lowest BCUT2D eigenvalue weighted by atomic mass is 10.0. The zero-order chi connectivity index (χ0) is 16.8. The van der Waals surface area contributed by atoms with Crippen LogP contribution in [0.15, 0.2) is 54.6 Å². The molecule has 0 spiro atoms.